The van der Waals surface area contributed by atoms with Gasteiger partial charge in [0.1, 0.15) is 0 Å². The van der Waals surface area contributed by atoms with Gasteiger partial charge in [-0.15, -0.1) is 12.4 Å². The molecule has 0 rings (SSSR count). The van der Waals surface area contributed by atoms with Crippen molar-refractivity contribution >= 4 is 19.7 Å². The van der Waals surface area contributed by atoms with Crippen molar-refractivity contribution < 1.29 is 0 Å². The quantitative estimate of drug-likeness (QED) is 0.214. The molecule has 0 unspecified atom stereocenters. The maximum Gasteiger partial charge on any atom is -0.147 e. The third kappa shape index (κ3) is 23.1. The summed E-state index contributed by atoms with van der Waals surface area (Å²) in [5.74, 6) is 0. The predicted molar refractivity (Wildman–Crippen MR) is 109 cm³/mol. The van der Waals surface area contributed by atoms with E-state index in [1.54, 1.807) is 0 Å². The summed E-state index contributed by atoms with van der Waals surface area (Å²) >= 11 is 0. The first-order valence-electron chi connectivity index (χ1n) is 9.56. The fourth-order valence-corrected chi connectivity index (χ4v) is 4.16. The summed E-state index contributed by atoms with van der Waals surface area (Å²) in [5.41, 5.74) is 0. The molecular weight excluding hydrogens is 295 g/mol. The summed E-state index contributed by atoms with van der Waals surface area (Å²) in [4.78, 5) is 0. The van der Waals surface area contributed by atoms with Crippen LogP contribution in [0.15, 0.2) is 0 Å². The van der Waals surface area contributed by atoms with Crippen LogP contribution in [0.25, 0.3) is 0 Å². The molecule has 0 saturated heterocycles. The molecule has 0 N–H and O–H groups in total. The molecule has 0 aromatic rings. The molecule has 0 amide bonds. The summed E-state index contributed by atoms with van der Waals surface area (Å²) < 4.78 is 0. The smallest absolute Gasteiger partial charge is 0.147 e. The van der Waals surface area contributed by atoms with Crippen LogP contribution in [0.4, 0.5) is 0 Å². The van der Waals surface area contributed by atoms with Crippen molar-refractivity contribution in [3.05, 3.63) is 0 Å². The van der Waals surface area contributed by atoms with Crippen LogP contribution in [0.1, 0.15) is 96.8 Å². The molecule has 0 fully saturated rings. The minimum Gasteiger partial charge on any atom is -0.147 e. The fraction of sp³-hybridized carbons (Fsp3) is 1.00. The first-order chi connectivity index (χ1) is 9.56. The molecule has 132 valence electrons. The first-order valence-corrected chi connectivity index (χ1v) is 13.3. The number of unbranched alkanes of at least 4 members (excludes halogenated alkanes) is 13. The van der Waals surface area contributed by atoms with Crippen molar-refractivity contribution in [2.45, 2.75) is 96.8 Å². The Kier molecular flexibility index (Phi) is 19.5. The van der Waals surface area contributed by atoms with E-state index in [2.05, 4.69) is 26.9 Å². The second-order valence-electron chi connectivity index (χ2n) is 7.91. The molecule has 0 aliphatic heterocycles. The molecule has 0 spiro atoms. The molecule has 0 aliphatic carbocycles. The normalized spacial score (nSPS) is 12.2. The zero-order valence-electron chi connectivity index (χ0n) is 15.5. The Labute approximate surface area is 143 Å². The topological polar surface area (TPSA) is 0 Å². The van der Waals surface area contributed by atoms with Crippen molar-refractivity contribution in [3.63, 3.8) is 0 Å². The number of rotatable bonds is 15. The van der Waals surface area contributed by atoms with Crippen LogP contribution in [0.2, 0.25) is 0 Å². The molecule has 0 nitrogen and oxygen atoms in total. The van der Waals surface area contributed by atoms with Gasteiger partial charge in [0.25, 0.3) is 0 Å². The zero-order valence-corrected chi connectivity index (χ0v) is 17.3. The molecule has 21 heavy (non-hydrogen) atoms. The van der Waals surface area contributed by atoms with Gasteiger partial charge in [-0.25, -0.2) is 0 Å². The molecule has 0 saturated carbocycles. The van der Waals surface area contributed by atoms with Gasteiger partial charge in [-0.1, -0.05) is 26.2 Å². The van der Waals surface area contributed by atoms with Crippen LogP contribution in [0, 0.1) is 0 Å². The van der Waals surface area contributed by atoms with E-state index in [4.69, 9.17) is 0 Å². The van der Waals surface area contributed by atoms with E-state index in [9.17, 15) is 0 Å². The molecule has 2 heteroatoms. The van der Waals surface area contributed by atoms with Gasteiger partial charge in [-0.2, -0.15) is 0 Å². The molecule has 0 radical (unpaired) electrons. The van der Waals surface area contributed by atoms with Crippen LogP contribution in [-0.4, -0.2) is 26.2 Å². The molecule has 0 aromatic heterocycles. The van der Waals surface area contributed by atoms with Gasteiger partial charge >= 0.3 is 104 Å². The predicted octanol–water partition coefficient (Wildman–Crippen LogP) is 7.53. The van der Waals surface area contributed by atoms with E-state index < -0.39 is 7.26 Å². The molecule has 0 heterocycles. The van der Waals surface area contributed by atoms with Gasteiger partial charge in [0.2, 0.25) is 0 Å². The van der Waals surface area contributed by atoms with Crippen LogP contribution in [0.3, 0.4) is 0 Å². The minimum absolute atomic E-state index is 0. The molecule has 0 aromatic carbocycles. The third-order valence-corrected chi connectivity index (χ3v) is 6.13. The van der Waals surface area contributed by atoms with Crippen LogP contribution in [0.5, 0.6) is 0 Å². The maximum absolute atomic E-state index is 2.50. The Morgan fingerprint density at radius 3 is 1.05 bits per heavy atom. The van der Waals surface area contributed by atoms with E-state index >= 15 is 0 Å². The van der Waals surface area contributed by atoms with Crippen molar-refractivity contribution in [2.24, 2.45) is 0 Å². The first kappa shape index (κ1) is 24.0. The van der Waals surface area contributed by atoms with Gasteiger partial charge in [0, 0.05) is 0 Å². The Hall–Kier alpha value is 0.720. The molecule has 0 aliphatic rings. The summed E-state index contributed by atoms with van der Waals surface area (Å²) in [7, 11) is -0.760. The van der Waals surface area contributed by atoms with Crippen LogP contribution in [-0.2, 0) is 0 Å². The van der Waals surface area contributed by atoms with E-state index in [0.717, 1.165) is 0 Å². The van der Waals surface area contributed by atoms with Gasteiger partial charge in [0.05, 0.1) is 0 Å². The average Bonchev–Trinajstić information content (AvgIpc) is 2.38. The van der Waals surface area contributed by atoms with Gasteiger partial charge in [0.15, 0.2) is 0 Å². The SMILES string of the molecule is CCCCCCCCCCCCCCCC[PH](C)(C)C.Cl. The van der Waals surface area contributed by atoms with Crippen molar-refractivity contribution in [3.8, 4) is 0 Å². The van der Waals surface area contributed by atoms with E-state index in [1.165, 1.54) is 96.1 Å². The third-order valence-electron chi connectivity index (χ3n) is 4.28. The summed E-state index contributed by atoms with van der Waals surface area (Å²) in [6.07, 6.45) is 22.2. The van der Waals surface area contributed by atoms with Gasteiger partial charge in [-0.05, 0) is 0 Å². The molecular formula is C19H44ClP. The summed E-state index contributed by atoms with van der Waals surface area (Å²) in [6, 6.07) is 0. The molecule has 0 bridgehead atoms. The largest absolute Gasteiger partial charge is 0.147 e. The maximum atomic E-state index is 2.50. The standard InChI is InChI=1S/C19H43P.ClH/c1-5-6-7-8-9-10-11-12-13-14-15-16-17-18-19-20(2,3)4;/h20H,5-19H2,1-4H3;1H. The zero-order chi connectivity index (χ0) is 15.1. The van der Waals surface area contributed by atoms with E-state index in [0.29, 0.717) is 0 Å². The second kappa shape index (κ2) is 17.1. The Balaban J connectivity index is 0. The number of hydrogen-bond acceptors (Lipinski definition) is 0. The minimum atomic E-state index is -0.760. The second-order valence-corrected chi connectivity index (χ2v) is 13.5. The van der Waals surface area contributed by atoms with E-state index in [1.807, 2.05) is 0 Å². The fourth-order valence-electron chi connectivity index (χ4n) is 2.85. The summed E-state index contributed by atoms with van der Waals surface area (Å²) in [6.45, 7) is 9.78. The average molecular weight is 339 g/mol. The Morgan fingerprint density at radius 1 is 0.476 bits per heavy atom. The number of hydrogen-bond donors (Lipinski definition) is 0. The molecule has 0 atom stereocenters. The van der Waals surface area contributed by atoms with Crippen molar-refractivity contribution in [1.29, 1.82) is 0 Å². The van der Waals surface area contributed by atoms with Crippen LogP contribution >= 0.6 is 19.7 Å². The monoisotopic (exact) mass is 338 g/mol. The van der Waals surface area contributed by atoms with Crippen LogP contribution < -0.4 is 0 Å². The van der Waals surface area contributed by atoms with Gasteiger partial charge < -0.3 is 0 Å². The summed E-state index contributed by atoms with van der Waals surface area (Å²) in [5, 5.41) is 0. The van der Waals surface area contributed by atoms with Gasteiger partial charge in [-0.3, -0.25) is 0 Å². The Bertz CT molecular complexity index is 186. The Morgan fingerprint density at radius 2 is 0.762 bits per heavy atom. The van der Waals surface area contributed by atoms with Crippen molar-refractivity contribution in [1.82, 2.24) is 0 Å². The van der Waals surface area contributed by atoms with Crippen molar-refractivity contribution in [2.75, 3.05) is 26.2 Å². The van der Waals surface area contributed by atoms with E-state index in [-0.39, 0.29) is 12.4 Å². The number of halogens is 1.